The van der Waals surface area contributed by atoms with Gasteiger partial charge in [-0.3, -0.25) is 9.36 Å². The monoisotopic (exact) mass is 319 g/mol. The molecule has 0 bridgehead atoms. The van der Waals surface area contributed by atoms with Gasteiger partial charge in [0.1, 0.15) is 0 Å². The molecule has 0 atom stereocenters. The molecule has 0 saturated carbocycles. The van der Waals surface area contributed by atoms with E-state index >= 15 is 0 Å². The van der Waals surface area contributed by atoms with Crippen molar-refractivity contribution in [2.45, 2.75) is 13.3 Å². The molecule has 0 N–H and O–H groups in total. The molecule has 112 valence electrons. The lowest BCUT2D eigenvalue weighted by Crippen LogP contribution is -2.23. The first-order valence-electron chi connectivity index (χ1n) is 6.82. The molecule has 0 saturated heterocycles. The molecule has 22 heavy (non-hydrogen) atoms. The number of pyridine rings is 1. The molecule has 0 aliphatic rings. The van der Waals surface area contributed by atoms with Gasteiger partial charge in [-0.25, -0.2) is 8.78 Å². The van der Waals surface area contributed by atoms with Crippen LogP contribution in [-0.4, -0.2) is 4.57 Å². The fraction of sp³-hybridized carbons (Fsp3) is 0.118. The molecule has 2 aromatic carbocycles. The number of rotatable bonds is 2. The molecular weight excluding hydrogens is 308 g/mol. The Morgan fingerprint density at radius 2 is 1.86 bits per heavy atom. The highest BCUT2D eigenvalue weighted by Gasteiger charge is 2.16. The van der Waals surface area contributed by atoms with Crippen LogP contribution in [0.3, 0.4) is 0 Å². The predicted octanol–water partition coefficient (Wildman–Crippen LogP) is 4.48. The Bertz CT molecular complexity index is 934. The van der Waals surface area contributed by atoms with E-state index in [1.165, 1.54) is 16.7 Å². The third kappa shape index (κ3) is 2.20. The van der Waals surface area contributed by atoms with Crippen LogP contribution in [0.25, 0.3) is 16.5 Å². The maximum Gasteiger partial charge on any atom is 0.264 e. The van der Waals surface area contributed by atoms with E-state index in [0.29, 0.717) is 22.9 Å². The molecule has 1 heterocycles. The lowest BCUT2D eigenvalue weighted by Gasteiger charge is -2.15. The molecule has 1 aromatic heterocycles. The number of aryl methyl sites for hydroxylation is 1. The maximum absolute atomic E-state index is 14.1. The first-order chi connectivity index (χ1) is 10.5. The molecule has 0 spiro atoms. The van der Waals surface area contributed by atoms with Gasteiger partial charge in [-0.05, 0) is 36.1 Å². The lowest BCUT2D eigenvalue weighted by molar-refractivity contribution is 0.503. The van der Waals surface area contributed by atoms with Crippen LogP contribution in [0, 0.1) is 11.6 Å². The van der Waals surface area contributed by atoms with Crippen molar-refractivity contribution in [1.29, 1.82) is 0 Å². The maximum atomic E-state index is 14.1. The topological polar surface area (TPSA) is 22.0 Å². The first kappa shape index (κ1) is 14.7. The van der Waals surface area contributed by atoms with Crippen LogP contribution in [0.2, 0.25) is 5.02 Å². The molecular formula is C17H12ClF2NO. The van der Waals surface area contributed by atoms with E-state index < -0.39 is 17.2 Å². The van der Waals surface area contributed by atoms with Crippen molar-refractivity contribution in [2.24, 2.45) is 0 Å². The highest BCUT2D eigenvalue weighted by Crippen LogP contribution is 2.24. The van der Waals surface area contributed by atoms with Crippen molar-refractivity contribution >= 4 is 22.4 Å². The molecule has 0 aliphatic heterocycles. The Morgan fingerprint density at radius 1 is 1.14 bits per heavy atom. The molecule has 0 unspecified atom stereocenters. The summed E-state index contributed by atoms with van der Waals surface area (Å²) in [7, 11) is 0. The smallest absolute Gasteiger partial charge is 0.264 e. The standard InChI is InChI=1S/C17H12ClF2NO/c1-2-11-9-10-5-3-6-12(18)15(10)17(22)21(11)14-8-4-7-13(19)16(14)20/h3-9H,2H2,1H3. The third-order valence-corrected chi connectivity index (χ3v) is 3.92. The molecule has 3 rings (SSSR count). The van der Waals surface area contributed by atoms with Gasteiger partial charge in [-0.15, -0.1) is 0 Å². The van der Waals surface area contributed by atoms with E-state index in [2.05, 4.69) is 0 Å². The highest BCUT2D eigenvalue weighted by atomic mass is 35.5. The largest absolute Gasteiger partial charge is 0.278 e. The van der Waals surface area contributed by atoms with Gasteiger partial charge in [-0.2, -0.15) is 0 Å². The summed E-state index contributed by atoms with van der Waals surface area (Å²) in [6.45, 7) is 1.85. The Labute approximate surface area is 130 Å². The highest BCUT2D eigenvalue weighted by molar-refractivity contribution is 6.35. The van der Waals surface area contributed by atoms with Gasteiger partial charge in [0.05, 0.1) is 16.1 Å². The van der Waals surface area contributed by atoms with Crippen molar-refractivity contribution in [1.82, 2.24) is 4.57 Å². The fourth-order valence-electron chi connectivity index (χ4n) is 2.56. The zero-order chi connectivity index (χ0) is 15.9. The molecule has 0 amide bonds. The number of halogens is 3. The molecule has 0 fully saturated rings. The van der Waals surface area contributed by atoms with Gasteiger partial charge in [0.2, 0.25) is 0 Å². The Kier molecular flexibility index (Phi) is 3.71. The number of aromatic nitrogens is 1. The fourth-order valence-corrected chi connectivity index (χ4v) is 2.83. The SMILES string of the molecule is CCc1cc2cccc(Cl)c2c(=O)n1-c1cccc(F)c1F. The zero-order valence-electron chi connectivity index (χ0n) is 11.7. The summed E-state index contributed by atoms with van der Waals surface area (Å²) >= 11 is 6.11. The molecule has 0 radical (unpaired) electrons. The summed E-state index contributed by atoms with van der Waals surface area (Å²) in [6.07, 6.45) is 0.494. The molecule has 5 heteroatoms. The molecule has 2 nitrogen and oxygen atoms in total. The summed E-state index contributed by atoms with van der Waals surface area (Å²) in [6, 6.07) is 10.7. The Hall–Kier alpha value is -2.20. The Balaban J connectivity index is 2.48. The van der Waals surface area contributed by atoms with E-state index in [0.717, 1.165) is 6.07 Å². The third-order valence-electron chi connectivity index (χ3n) is 3.61. The second kappa shape index (κ2) is 5.54. The minimum Gasteiger partial charge on any atom is -0.278 e. The average Bonchev–Trinajstić information content (AvgIpc) is 2.50. The predicted molar refractivity (Wildman–Crippen MR) is 83.8 cm³/mol. The average molecular weight is 320 g/mol. The summed E-state index contributed by atoms with van der Waals surface area (Å²) in [5, 5.41) is 1.27. The van der Waals surface area contributed by atoms with E-state index in [4.69, 9.17) is 11.6 Å². The van der Waals surface area contributed by atoms with Crippen molar-refractivity contribution in [3.63, 3.8) is 0 Å². The van der Waals surface area contributed by atoms with E-state index in [1.807, 2.05) is 6.92 Å². The Morgan fingerprint density at radius 3 is 2.59 bits per heavy atom. The quantitative estimate of drug-likeness (QED) is 0.682. The second-order valence-electron chi connectivity index (χ2n) is 4.91. The van der Waals surface area contributed by atoms with Gasteiger partial charge in [-0.1, -0.05) is 36.7 Å². The van der Waals surface area contributed by atoms with Crippen LogP contribution >= 0.6 is 11.6 Å². The lowest BCUT2D eigenvalue weighted by atomic mass is 10.1. The summed E-state index contributed by atoms with van der Waals surface area (Å²) in [5.74, 6) is -2.04. The summed E-state index contributed by atoms with van der Waals surface area (Å²) in [5.41, 5.74) is 0.0254. The zero-order valence-corrected chi connectivity index (χ0v) is 12.5. The van der Waals surface area contributed by atoms with Gasteiger partial charge in [0.25, 0.3) is 5.56 Å². The van der Waals surface area contributed by atoms with Gasteiger partial charge < -0.3 is 0 Å². The van der Waals surface area contributed by atoms with Crippen molar-refractivity contribution in [2.75, 3.05) is 0 Å². The minimum atomic E-state index is -1.05. The van der Waals surface area contributed by atoms with Crippen LogP contribution in [0.1, 0.15) is 12.6 Å². The molecule has 3 aromatic rings. The van der Waals surface area contributed by atoms with Crippen LogP contribution < -0.4 is 5.56 Å². The van der Waals surface area contributed by atoms with Gasteiger partial charge in [0.15, 0.2) is 11.6 Å². The van der Waals surface area contributed by atoms with Crippen LogP contribution in [0.15, 0.2) is 47.3 Å². The van der Waals surface area contributed by atoms with Gasteiger partial charge >= 0.3 is 0 Å². The number of nitrogens with zero attached hydrogens (tertiary/aromatic N) is 1. The number of hydrogen-bond donors (Lipinski definition) is 0. The number of hydrogen-bond acceptors (Lipinski definition) is 1. The summed E-state index contributed by atoms with van der Waals surface area (Å²) in [4.78, 5) is 12.8. The number of fused-ring (bicyclic) bond motifs is 1. The van der Waals surface area contributed by atoms with Crippen LogP contribution in [-0.2, 0) is 6.42 Å². The van der Waals surface area contributed by atoms with Crippen molar-refractivity contribution in [3.8, 4) is 5.69 Å². The van der Waals surface area contributed by atoms with Gasteiger partial charge in [0, 0.05) is 5.69 Å². The van der Waals surface area contributed by atoms with Crippen molar-refractivity contribution < 1.29 is 8.78 Å². The summed E-state index contributed by atoms with van der Waals surface area (Å²) < 4.78 is 28.8. The van der Waals surface area contributed by atoms with E-state index in [1.54, 1.807) is 24.3 Å². The van der Waals surface area contributed by atoms with Crippen molar-refractivity contribution in [3.05, 3.63) is 75.2 Å². The van der Waals surface area contributed by atoms with E-state index in [-0.39, 0.29) is 10.7 Å². The minimum absolute atomic E-state index is 0.108. The second-order valence-corrected chi connectivity index (χ2v) is 5.31. The first-order valence-corrected chi connectivity index (χ1v) is 7.20. The normalized spacial score (nSPS) is 11.1. The van der Waals surface area contributed by atoms with E-state index in [9.17, 15) is 13.6 Å². The van der Waals surface area contributed by atoms with Crippen LogP contribution in [0.4, 0.5) is 8.78 Å². The number of benzene rings is 2. The van der Waals surface area contributed by atoms with Crippen LogP contribution in [0.5, 0.6) is 0 Å². The molecule has 0 aliphatic carbocycles.